The summed E-state index contributed by atoms with van der Waals surface area (Å²) in [5, 5.41) is 0. The molecule has 0 fully saturated rings. The van der Waals surface area contributed by atoms with Gasteiger partial charge < -0.3 is 9.16 Å². The lowest BCUT2D eigenvalue weighted by Crippen LogP contribution is -2.24. The highest BCUT2D eigenvalue weighted by Crippen LogP contribution is 2.10. The molecule has 13 heavy (non-hydrogen) atoms. The van der Waals surface area contributed by atoms with Gasteiger partial charge in [-0.2, -0.15) is 0 Å². The molecule has 0 unspecified atom stereocenters. The zero-order valence-corrected chi connectivity index (χ0v) is 9.55. The molecule has 0 atom stereocenters. The summed E-state index contributed by atoms with van der Waals surface area (Å²) in [6, 6.07) is 0. The van der Waals surface area contributed by atoms with E-state index in [2.05, 4.69) is 19.6 Å². The molecule has 0 aliphatic rings. The van der Waals surface area contributed by atoms with Gasteiger partial charge >= 0.3 is 0 Å². The minimum absolute atomic E-state index is 0. The molecule has 0 aromatic carbocycles. The third-order valence-corrected chi connectivity index (χ3v) is 1.93. The summed E-state index contributed by atoms with van der Waals surface area (Å²) >= 11 is 0. The molecule has 0 heterocycles. The first-order chi connectivity index (χ1) is 5.49. The molecule has 0 aliphatic carbocycles. The van der Waals surface area contributed by atoms with Crippen molar-refractivity contribution in [1.29, 1.82) is 0 Å². The van der Waals surface area contributed by atoms with Crippen LogP contribution in [0.15, 0.2) is 24.2 Å². The zero-order valence-electron chi connectivity index (χ0n) is 8.55. The van der Waals surface area contributed by atoms with Gasteiger partial charge in [0.1, 0.15) is 5.76 Å². The van der Waals surface area contributed by atoms with Crippen LogP contribution in [0.3, 0.4) is 0 Å². The third kappa shape index (κ3) is 9.21. The first-order valence-electron chi connectivity index (χ1n) is 4.04. The molecule has 2 nitrogen and oxygen atoms in total. The van der Waals surface area contributed by atoms with Crippen molar-refractivity contribution in [1.82, 2.24) is 0 Å². The Morgan fingerprint density at radius 3 is 2.08 bits per heavy atom. The molecule has 0 saturated carbocycles. The average molecular weight is 202 g/mol. The minimum Gasteiger partial charge on any atom is -0.544 e. The second kappa shape index (κ2) is 6.77. The molecule has 3 heteroatoms. The molecule has 0 saturated heterocycles. The SMILES string of the molecule is C.C/C=C(/C=C/OC)O[Si](C)(C)C. The maximum Gasteiger partial charge on any atom is 0.242 e. The fraction of sp³-hybridized carbons (Fsp3) is 0.600. The fourth-order valence-corrected chi connectivity index (χ4v) is 1.57. The number of ether oxygens (including phenoxy) is 1. The van der Waals surface area contributed by atoms with Crippen LogP contribution < -0.4 is 0 Å². The van der Waals surface area contributed by atoms with E-state index in [0.29, 0.717) is 0 Å². The van der Waals surface area contributed by atoms with Crippen LogP contribution in [0.2, 0.25) is 19.6 Å². The first-order valence-corrected chi connectivity index (χ1v) is 7.45. The van der Waals surface area contributed by atoms with E-state index in [1.54, 1.807) is 13.4 Å². The Labute approximate surface area is 83.4 Å². The van der Waals surface area contributed by atoms with Crippen LogP contribution in [0.5, 0.6) is 0 Å². The summed E-state index contributed by atoms with van der Waals surface area (Å²) in [6.45, 7) is 8.40. The summed E-state index contributed by atoms with van der Waals surface area (Å²) in [5.41, 5.74) is 0. The average Bonchev–Trinajstić information content (AvgIpc) is 1.95. The van der Waals surface area contributed by atoms with Gasteiger partial charge in [0.05, 0.1) is 13.4 Å². The molecule has 0 aromatic heterocycles. The Bertz CT molecular complexity index is 178. The van der Waals surface area contributed by atoms with E-state index in [-0.39, 0.29) is 7.43 Å². The Kier molecular flexibility index (Phi) is 7.71. The number of hydrogen-bond donors (Lipinski definition) is 0. The first kappa shape index (κ1) is 14.8. The van der Waals surface area contributed by atoms with Gasteiger partial charge in [-0.25, -0.2) is 0 Å². The lowest BCUT2D eigenvalue weighted by atomic mass is 10.4. The smallest absolute Gasteiger partial charge is 0.242 e. The number of hydrogen-bond acceptors (Lipinski definition) is 2. The van der Waals surface area contributed by atoms with Gasteiger partial charge in [-0.3, -0.25) is 0 Å². The van der Waals surface area contributed by atoms with Crippen molar-refractivity contribution in [3.8, 4) is 0 Å². The van der Waals surface area contributed by atoms with Crippen LogP contribution in [0.4, 0.5) is 0 Å². The predicted molar refractivity (Wildman–Crippen MR) is 61.1 cm³/mol. The summed E-state index contributed by atoms with van der Waals surface area (Å²) < 4.78 is 10.5. The highest BCUT2D eigenvalue weighted by molar-refractivity contribution is 6.70. The molecule has 0 spiro atoms. The lowest BCUT2D eigenvalue weighted by molar-refractivity contribution is 0.334. The van der Waals surface area contributed by atoms with Crippen LogP contribution >= 0.6 is 0 Å². The normalized spacial score (nSPS) is 12.5. The van der Waals surface area contributed by atoms with Crippen LogP contribution in [0.1, 0.15) is 14.4 Å². The number of allylic oxidation sites excluding steroid dienone is 2. The molecule has 0 N–H and O–H groups in total. The zero-order chi connectivity index (χ0) is 9.61. The third-order valence-electron chi connectivity index (χ3n) is 1.08. The molecular weight excluding hydrogens is 180 g/mol. The lowest BCUT2D eigenvalue weighted by Gasteiger charge is -2.19. The molecule has 0 amide bonds. The van der Waals surface area contributed by atoms with Gasteiger partial charge in [-0.05, 0) is 32.6 Å². The van der Waals surface area contributed by atoms with Gasteiger partial charge in [0.25, 0.3) is 0 Å². The quantitative estimate of drug-likeness (QED) is 0.394. The van der Waals surface area contributed by atoms with E-state index >= 15 is 0 Å². The van der Waals surface area contributed by atoms with Crippen molar-refractivity contribution in [2.75, 3.05) is 7.11 Å². The summed E-state index contributed by atoms with van der Waals surface area (Å²) in [7, 11) is 0.157. The summed E-state index contributed by atoms with van der Waals surface area (Å²) in [5.74, 6) is 0.885. The molecule has 0 rings (SSSR count). The number of methoxy groups -OCH3 is 1. The summed E-state index contributed by atoms with van der Waals surface area (Å²) in [4.78, 5) is 0. The molecule has 0 aromatic rings. The second-order valence-corrected chi connectivity index (χ2v) is 7.87. The maximum atomic E-state index is 5.72. The Balaban J connectivity index is 0. The molecule has 0 bridgehead atoms. The number of rotatable bonds is 4. The van der Waals surface area contributed by atoms with E-state index in [1.165, 1.54) is 0 Å². The Hall–Kier alpha value is -0.703. The topological polar surface area (TPSA) is 18.5 Å². The molecule has 0 aliphatic heterocycles. The van der Waals surface area contributed by atoms with Crippen LogP contribution in [-0.4, -0.2) is 15.4 Å². The predicted octanol–water partition coefficient (Wildman–Crippen LogP) is 3.54. The van der Waals surface area contributed by atoms with Crippen molar-refractivity contribution in [2.24, 2.45) is 0 Å². The highest BCUT2D eigenvalue weighted by atomic mass is 28.4. The fourth-order valence-electron chi connectivity index (χ4n) is 0.678. The van der Waals surface area contributed by atoms with Gasteiger partial charge in [-0.15, -0.1) is 0 Å². The Morgan fingerprint density at radius 2 is 1.77 bits per heavy atom. The van der Waals surface area contributed by atoms with Gasteiger partial charge in [0.2, 0.25) is 8.32 Å². The van der Waals surface area contributed by atoms with Gasteiger partial charge in [-0.1, -0.05) is 7.43 Å². The highest BCUT2D eigenvalue weighted by Gasteiger charge is 2.15. The van der Waals surface area contributed by atoms with Gasteiger partial charge in [0.15, 0.2) is 0 Å². The summed E-state index contributed by atoms with van der Waals surface area (Å²) in [6.07, 6.45) is 5.39. The minimum atomic E-state index is -1.47. The monoisotopic (exact) mass is 202 g/mol. The van der Waals surface area contributed by atoms with Crippen LogP contribution in [0, 0.1) is 0 Å². The molecule has 0 radical (unpaired) electrons. The van der Waals surface area contributed by atoms with E-state index in [9.17, 15) is 0 Å². The largest absolute Gasteiger partial charge is 0.544 e. The van der Waals surface area contributed by atoms with Gasteiger partial charge in [0, 0.05) is 6.08 Å². The van der Waals surface area contributed by atoms with Crippen LogP contribution in [-0.2, 0) is 9.16 Å². The standard InChI is InChI=1S/C9H18O2Si.CH4/c1-6-9(7-8-10-2)11-12(3,4)5;/h6-8H,1-5H3;1H4/b8-7+,9-6-;. The van der Waals surface area contributed by atoms with E-state index in [1.807, 2.05) is 19.1 Å². The van der Waals surface area contributed by atoms with Crippen molar-refractivity contribution < 1.29 is 9.16 Å². The van der Waals surface area contributed by atoms with E-state index < -0.39 is 8.32 Å². The van der Waals surface area contributed by atoms with E-state index in [4.69, 9.17) is 9.16 Å². The maximum absolute atomic E-state index is 5.72. The van der Waals surface area contributed by atoms with Crippen molar-refractivity contribution in [3.63, 3.8) is 0 Å². The van der Waals surface area contributed by atoms with Crippen molar-refractivity contribution in [3.05, 3.63) is 24.2 Å². The van der Waals surface area contributed by atoms with Crippen LogP contribution in [0.25, 0.3) is 0 Å². The van der Waals surface area contributed by atoms with Crippen molar-refractivity contribution >= 4 is 8.32 Å². The molecular formula is C10H22O2Si. The Morgan fingerprint density at radius 1 is 1.23 bits per heavy atom. The second-order valence-electron chi connectivity index (χ2n) is 3.44. The van der Waals surface area contributed by atoms with E-state index in [0.717, 1.165) is 5.76 Å². The molecule has 78 valence electrons. The van der Waals surface area contributed by atoms with Crippen molar-refractivity contribution in [2.45, 2.75) is 34.0 Å².